The van der Waals surface area contributed by atoms with Crippen molar-refractivity contribution >= 4 is 17.2 Å². The van der Waals surface area contributed by atoms with Gasteiger partial charge in [-0.25, -0.2) is 10.4 Å². The zero-order valence-corrected chi connectivity index (χ0v) is 11.4. The molecule has 3 rings (SSSR count). The second-order valence-corrected chi connectivity index (χ2v) is 4.82. The molecule has 1 unspecified atom stereocenters. The summed E-state index contributed by atoms with van der Waals surface area (Å²) in [7, 11) is 0. The quantitative estimate of drug-likeness (QED) is 0.655. The lowest BCUT2D eigenvalue weighted by atomic mass is 9.98. The maximum absolute atomic E-state index is 11.0. The second kappa shape index (κ2) is 5.34. The number of aliphatic imine (C=N–C) groups is 1. The number of fused-ring (bicyclic) bond motifs is 1. The molecule has 0 fully saturated rings. The number of hydrazine groups is 1. The van der Waals surface area contributed by atoms with E-state index in [4.69, 9.17) is 0 Å². The molecule has 6 heteroatoms. The van der Waals surface area contributed by atoms with E-state index in [1.807, 2.05) is 37.3 Å². The first-order chi connectivity index (χ1) is 10.1. The zero-order chi connectivity index (χ0) is 14.8. The van der Waals surface area contributed by atoms with Crippen LogP contribution in [0.5, 0.6) is 0 Å². The molecule has 2 aromatic rings. The van der Waals surface area contributed by atoms with Crippen molar-refractivity contribution in [3.05, 3.63) is 69.8 Å². The third kappa shape index (κ3) is 2.61. The van der Waals surface area contributed by atoms with Crippen molar-refractivity contribution in [2.45, 2.75) is 13.0 Å². The van der Waals surface area contributed by atoms with Crippen LogP contribution in [0.4, 0.5) is 11.4 Å². The van der Waals surface area contributed by atoms with Crippen LogP contribution in [0.3, 0.4) is 0 Å². The summed E-state index contributed by atoms with van der Waals surface area (Å²) in [6.45, 7) is 1.98. The summed E-state index contributed by atoms with van der Waals surface area (Å²) in [5.41, 5.74) is 8.70. The van der Waals surface area contributed by atoms with Crippen LogP contribution in [0.2, 0.25) is 0 Å². The predicted molar refractivity (Wildman–Crippen MR) is 80.4 cm³/mol. The van der Waals surface area contributed by atoms with Crippen molar-refractivity contribution in [1.29, 1.82) is 0 Å². The molecule has 1 atom stereocenters. The van der Waals surface area contributed by atoms with E-state index in [1.165, 1.54) is 6.07 Å². The van der Waals surface area contributed by atoms with Gasteiger partial charge in [-0.05, 0) is 30.7 Å². The monoisotopic (exact) mass is 282 g/mol. The molecule has 0 saturated heterocycles. The number of hydrogen-bond donors (Lipinski definition) is 2. The Balaban J connectivity index is 2.10. The molecule has 0 saturated carbocycles. The Morgan fingerprint density at radius 3 is 2.67 bits per heavy atom. The largest absolute Gasteiger partial charge is 0.305 e. The maximum Gasteiger partial charge on any atom is 0.270 e. The summed E-state index contributed by atoms with van der Waals surface area (Å²) >= 11 is 0. The first-order valence-corrected chi connectivity index (χ1v) is 6.59. The minimum atomic E-state index is -0.396. The smallest absolute Gasteiger partial charge is 0.270 e. The molecule has 0 amide bonds. The molecule has 1 aliphatic rings. The van der Waals surface area contributed by atoms with Gasteiger partial charge >= 0.3 is 0 Å². The second-order valence-electron chi connectivity index (χ2n) is 4.82. The molecule has 0 radical (unpaired) electrons. The average molecular weight is 282 g/mol. The number of hydrogen-bond acceptors (Lipinski definition) is 4. The summed E-state index contributed by atoms with van der Waals surface area (Å²) in [5.74, 6) is 0.581. The van der Waals surface area contributed by atoms with Crippen molar-refractivity contribution < 1.29 is 4.92 Å². The van der Waals surface area contributed by atoms with Crippen LogP contribution in [0.1, 0.15) is 24.1 Å². The Morgan fingerprint density at radius 1 is 1.19 bits per heavy atom. The first-order valence-electron chi connectivity index (χ1n) is 6.59. The fraction of sp³-hybridized carbons (Fsp3) is 0.133. The highest BCUT2D eigenvalue weighted by atomic mass is 16.6. The summed E-state index contributed by atoms with van der Waals surface area (Å²) in [5, 5.41) is 11.0. The molecule has 2 N–H and O–H groups in total. The van der Waals surface area contributed by atoms with Crippen LogP contribution in [-0.4, -0.2) is 10.8 Å². The molecule has 106 valence electrons. The van der Waals surface area contributed by atoms with Gasteiger partial charge in [-0.2, -0.15) is 0 Å². The third-order valence-corrected chi connectivity index (χ3v) is 3.37. The van der Waals surface area contributed by atoms with E-state index in [0.29, 0.717) is 5.84 Å². The lowest BCUT2D eigenvalue weighted by molar-refractivity contribution is -0.384. The number of non-ortho nitro benzene ring substituents is 1. The van der Waals surface area contributed by atoms with Crippen molar-refractivity contribution in [3.8, 4) is 0 Å². The number of nitrogens with zero attached hydrogens (tertiary/aromatic N) is 2. The summed E-state index contributed by atoms with van der Waals surface area (Å²) in [6.07, 6.45) is 0. The summed E-state index contributed by atoms with van der Waals surface area (Å²) in [6, 6.07) is 14.4. The van der Waals surface area contributed by atoms with Gasteiger partial charge in [0.2, 0.25) is 0 Å². The van der Waals surface area contributed by atoms with E-state index >= 15 is 0 Å². The minimum absolute atomic E-state index is 0.0514. The zero-order valence-electron chi connectivity index (χ0n) is 11.4. The van der Waals surface area contributed by atoms with Crippen molar-refractivity contribution in [3.63, 3.8) is 0 Å². The minimum Gasteiger partial charge on any atom is -0.305 e. The number of nitrogens with one attached hydrogen (secondary N) is 2. The van der Waals surface area contributed by atoms with Gasteiger partial charge < -0.3 is 5.43 Å². The van der Waals surface area contributed by atoms with Gasteiger partial charge in [-0.15, -0.1) is 0 Å². The lowest BCUT2D eigenvalue weighted by Crippen LogP contribution is -2.44. The van der Waals surface area contributed by atoms with E-state index in [-0.39, 0.29) is 11.7 Å². The molecule has 0 spiro atoms. The molecule has 0 bridgehead atoms. The van der Waals surface area contributed by atoms with Crippen LogP contribution in [0.25, 0.3) is 0 Å². The van der Waals surface area contributed by atoms with Crippen LogP contribution in [0, 0.1) is 10.1 Å². The molecule has 6 nitrogen and oxygen atoms in total. The Labute approximate surface area is 121 Å². The topological polar surface area (TPSA) is 79.6 Å². The van der Waals surface area contributed by atoms with Gasteiger partial charge in [-0.1, -0.05) is 18.2 Å². The van der Waals surface area contributed by atoms with E-state index in [2.05, 4.69) is 15.8 Å². The van der Waals surface area contributed by atoms with Crippen LogP contribution >= 0.6 is 0 Å². The highest BCUT2D eigenvalue weighted by Crippen LogP contribution is 2.26. The van der Waals surface area contributed by atoms with Crippen molar-refractivity contribution in [2.75, 3.05) is 0 Å². The number of amidine groups is 1. The third-order valence-electron chi connectivity index (χ3n) is 3.37. The number of nitro groups is 1. The fourth-order valence-corrected chi connectivity index (χ4v) is 2.28. The Kier molecular flexibility index (Phi) is 3.37. The number of benzene rings is 2. The van der Waals surface area contributed by atoms with Crippen LogP contribution in [0.15, 0.2) is 53.5 Å². The Hall–Kier alpha value is -2.73. The molecule has 1 heterocycles. The van der Waals surface area contributed by atoms with E-state index in [1.54, 1.807) is 12.1 Å². The van der Waals surface area contributed by atoms with Crippen LogP contribution in [-0.2, 0) is 0 Å². The molecular weight excluding hydrogens is 268 g/mol. The Morgan fingerprint density at radius 2 is 1.95 bits per heavy atom. The number of para-hydroxylation sites is 1. The molecule has 0 aliphatic carbocycles. The number of nitro benzene ring substituents is 1. The highest BCUT2D eigenvalue weighted by Gasteiger charge is 2.23. The lowest BCUT2D eigenvalue weighted by Gasteiger charge is -2.26. The van der Waals surface area contributed by atoms with Gasteiger partial charge in [0, 0.05) is 23.7 Å². The van der Waals surface area contributed by atoms with Crippen LogP contribution < -0.4 is 10.9 Å². The van der Waals surface area contributed by atoms with Crippen molar-refractivity contribution in [2.24, 2.45) is 4.99 Å². The highest BCUT2D eigenvalue weighted by molar-refractivity contribution is 6.02. The summed E-state index contributed by atoms with van der Waals surface area (Å²) in [4.78, 5) is 15.1. The van der Waals surface area contributed by atoms with Crippen molar-refractivity contribution in [1.82, 2.24) is 10.9 Å². The summed E-state index contributed by atoms with van der Waals surface area (Å²) < 4.78 is 0. The SMILES string of the molecule is CC1NNC(=Nc2ccccc2)c2cc([N+](=O)[O-])ccc21. The van der Waals surface area contributed by atoms with Gasteiger partial charge in [0.15, 0.2) is 0 Å². The Bertz CT molecular complexity index is 713. The molecule has 2 aromatic carbocycles. The standard InChI is InChI=1S/C15H14N4O2/c1-10-13-8-7-12(19(20)21)9-14(13)15(18-17-10)16-11-5-3-2-4-6-11/h2-10,17H,1H3,(H,16,18). The van der Waals surface area contributed by atoms with E-state index in [0.717, 1.165) is 16.8 Å². The van der Waals surface area contributed by atoms with Gasteiger partial charge in [0.1, 0.15) is 5.84 Å². The van der Waals surface area contributed by atoms with Gasteiger partial charge in [-0.3, -0.25) is 10.1 Å². The molecule has 21 heavy (non-hydrogen) atoms. The van der Waals surface area contributed by atoms with E-state index < -0.39 is 4.92 Å². The fourth-order valence-electron chi connectivity index (χ4n) is 2.28. The number of rotatable bonds is 2. The van der Waals surface area contributed by atoms with Gasteiger partial charge in [0.05, 0.1) is 10.6 Å². The van der Waals surface area contributed by atoms with Gasteiger partial charge in [0.25, 0.3) is 5.69 Å². The maximum atomic E-state index is 11.0. The predicted octanol–water partition coefficient (Wildman–Crippen LogP) is 2.84. The normalized spacial score (nSPS) is 18.9. The average Bonchev–Trinajstić information content (AvgIpc) is 2.51. The first kappa shape index (κ1) is 13.3. The molecule has 0 aromatic heterocycles. The molecular formula is C15H14N4O2. The molecule has 1 aliphatic heterocycles. The van der Waals surface area contributed by atoms with E-state index in [9.17, 15) is 10.1 Å².